The summed E-state index contributed by atoms with van der Waals surface area (Å²) in [5, 5.41) is 10.2. The van der Waals surface area contributed by atoms with Crippen molar-refractivity contribution >= 4 is 51.7 Å². The summed E-state index contributed by atoms with van der Waals surface area (Å²) in [6.07, 6.45) is 0.702. The highest BCUT2D eigenvalue weighted by Crippen LogP contribution is 2.39. The van der Waals surface area contributed by atoms with E-state index in [4.69, 9.17) is 16.7 Å². The Morgan fingerprint density at radius 2 is 1.76 bits per heavy atom. The molecule has 6 nitrogen and oxygen atoms in total. The zero-order chi connectivity index (χ0) is 26.1. The van der Waals surface area contributed by atoms with E-state index in [0.717, 1.165) is 33.7 Å². The normalized spacial score (nSPS) is 19.1. The number of halogens is 1. The minimum Gasteiger partial charge on any atom is -0.326 e. The van der Waals surface area contributed by atoms with E-state index in [1.165, 1.54) is 17.3 Å². The van der Waals surface area contributed by atoms with Crippen molar-refractivity contribution in [2.75, 3.05) is 5.32 Å². The number of aliphatic imine (C=N–C) groups is 1. The quantitative estimate of drug-likeness (QED) is 0.411. The van der Waals surface area contributed by atoms with Gasteiger partial charge in [0.1, 0.15) is 5.25 Å². The number of thioether (sulfide) groups is 1. The molecular weight excluding hydrogens is 504 g/mol. The molecule has 1 N–H and O–H groups in total. The molecule has 0 bridgehead atoms. The van der Waals surface area contributed by atoms with Gasteiger partial charge in [-0.25, -0.2) is 5.01 Å². The van der Waals surface area contributed by atoms with Crippen LogP contribution in [0.5, 0.6) is 0 Å². The van der Waals surface area contributed by atoms with Crippen LogP contribution < -0.4 is 5.32 Å². The largest absolute Gasteiger partial charge is 0.326 e. The second-order valence-electron chi connectivity index (χ2n) is 9.42. The van der Waals surface area contributed by atoms with E-state index in [2.05, 4.69) is 41.5 Å². The zero-order valence-corrected chi connectivity index (χ0v) is 22.4. The van der Waals surface area contributed by atoms with Gasteiger partial charge >= 0.3 is 0 Å². The fourth-order valence-corrected chi connectivity index (χ4v) is 5.54. The maximum Gasteiger partial charge on any atom is 0.262 e. The number of carbonyl (C=O) groups is 2. The molecule has 37 heavy (non-hydrogen) atoms. The number of amides is 2. The third-order valence-electron chi connectivity index (χ3n) is 6.64. The summed E-state index contributed by atoms with van der Waals surface area (Å²) in [5.74, 6) is -0.533. The lowest BCUT2D eigenvalue weighted by atomic mass is 9.98. The molecule has 3 aromatic rings. The third kappa shape index (κ3) is 5.63. The van der Waals surface area contributed by atoms with Crippen LogP contribution >= 0.6 is 23.4 Å². The lowest BCUT2D eigenvalue weighted by molar-refractivity contribution is -0.121. The van der Waals surface area contributed by atoms with E-state index in [1.807, 2.05) is 61.3 Å². The summed E-state index contributed by atoms with van der Waals surface area (Å²) in [6, 6.07) is 21.5. The molecule has 2 unspecified atom stereocenters. The first-order chi connectivity index (χ1) is 17.8. The number of amidine groups is 1. The Hall–Kier alpha value is -3.42. The van der Waals surface area contributed by atoms with Gasteiger partial charge in [-0.1, -0.05) is 71.4 Å². The van der Waals surface area contributed by atoms with E-state index in [-0.39, 0.29) is 24.3 Å². The Bertz CT molecular complexity index is 1420. The molecule has 2 aliphatic heterocycles. The summed E-state index contributed by atoms with van der Waals surface area (Å²) in [4.78, 5) is 29.9. The molecule has 188 valence electrons. The maximum absolute atomic E-state index is 12.8. The number of nitrogens with zero attached hydrogens (tertiary/aromatic N) is 3. The van der Waals surface area contributed by atoms with E-state index in [9.17, 15) is 9.59 Å². The molecule has 2 atom stereocenters. The van der Waals surface area contributed by atoms with Crippen LogP contribution in [0.4, 0.5) is 5.69 Å². The fourth-order valence-electron chi connectivity index (χ4n) is 4.36. The van der Waals surface area contributed by atoms with Crippen LogP contribution in [0, 0.1) is 20.8 Å². The summed E-state index contributed by atoms with van der Waals surface area (Å²) >= 11 is 7.42. The predicted octanol–water partition coefficient (Wildman–Crippen LogP) is 6.44. The second-order valence-corrected chi connectivity index (χ2v) is 11.0. The number of hydrazone groups is 1. The summed E-state index contributed by atoms with van der Waals surface area (Å²) in [7, 11) is 0. The number of benzene rings is 3. The number of rotatable bonds is 5. The molecule has 0 aliphatic carbocycles. The first-order valence-electron chi connectivity index (χ1n) is 12.1. The smallest absolute Gasteiger partial charge is 0.262 e. The van der Waals surface area contributed by atoms with E-state index in [0.29, 0.717) is 16.6 Å². The Kier molecular flexibility index (Phi) is 7.17. The zero-order valence-electron chi connectivity index (χ0n) is 20.9. The van der Waals surface area contributed by atoms with Gasteiger partial charge < -0.3 is 5.32 Å². The van der Waals surface area contributed by atoms with Crippen LogP contribution in [0.1, 0.15) is 46.7 Å². The SMILES string of the molecule is Cc1ccc(C2=NN(C3=NC(=O)C(CC(=O)Nc4ccc(C)c(C)c4)S3)C(c3ccc(Cl)cc3)C2)cc1. The standard InChI is InChI=1S/C29H27ClN4O2S/c1-17-4-7-20(8-5-17)24-15-25(21-9-11-22(30)12-10-21)34(33-24)29-32-28(36)26(37-29)16-27(35)31-23-13-6-18(2)19(3)14-23/h4-14,25-26H,15-16H2,1-3H3,(H,31,35). The fraction of sp³-hybridized carbons (Fsp3) is 0.241. The van der Waals surface area contributed by atoms with Crippen molar-refractivity contribution in [2.24, 2.45) is 10.1 Å². The van der Waals surface area contributed by atoms with Crippen molar-refractivity contribution in [3.8, 4) is 0 Å². The third-order valence-corrected chi connectivity index (χ3v) is 8.03. The molecule has 3 aromatic carbocycles. The molecule has 2 amide bonds. The first kappa shape index (κ1) is 25.2. The van der Waals surface area contributed by atoms with Crippen LogP contribution in [0.15, 0.2) is 76.8 Å². The average Bonchev–Trinajstić information content (AvgIpc) is 3.46. The van der Waals surface area contributed by atoms with Crippen molar-refractivity contribution < 1.29 is 9.59 Å². The van der Waals surface area contributed by atoms with Gasteiger partial charge in [-0.05, 0) is 67.3 Å². The second kappa shape index (κ2) is 10.5. The minimum absolute atomic E-state index is 0.0391. The first-order valence-corrected chi connectivity index (χ1v) is 13.4. The van der Waals surface area contributed by atoms with Gasteiger partial charge in [0.25, 0.3) is 5.91 Å². The summed E-state index contributed by atoms with van der Waals surface area (Å²) in [5.41, 5.74) is 7.14. The highest BCUT2D eigenvalue weighted by molar-refractivity contribution is 8.15. The molecule has 2 aliphatic rings. The number of anilines is 1. The van der Waals surface area contributed by atoms with Crippen LogP contribution in [0.25, 0.3) is 0 Å². The summed E-state index contributed by atoms with van der Waals surface area (Å²) in [6.45, 7) is 6.07. The van der Waals surface area contributed by atoms with E-state index < -0.39 is 5.25 Å². The lowest BCUT2D eigenvalue weighted by Gasteiger charge is -2.23. The van der Waals surface area contributed by atoms with Crippen molar-refractivity contribution in [2.45, 2.75) is 44.9 Å². The van der Waals surface area contributed by atoms with Crippen LogP contribution in [0.3, 0.4) is 0 Å². The topological polar surface area (TPSA) is 74.1 Å². The number of hydrogen-bond donors (Lipinski definition) is 1. The van der Waals surface area contributed by atoms with Crippen molar-refractivity contribution in [1.82, 2.24) is 5.01 Å². The van der Waals surface area contributed by atoms with Gasteiger partial charge in [0.05, 0.1) is 11.8 Å². The van der Waals surface area contributed by atoms with E-state index >= 15 is 0 Å². The van der Waals surface area contributed by atoms with Crippen molar-refractivity contribution in [3.63, 3.8) is 0 Å². The molecule has 8 heteroatoms. The van der Waals surface area contributed by atoms with Crippen LogP contribution in [0.2, 0.25) is 5.02 Å². The Morgan fingerprint density at radius 3 is 2.46 bits per heavy atom. The number of nitrogens with one attached hydrogen (secondary N) is 1. The number of carbonyl (C=O) groups excluding carboxylic acids is 2. The molecule has 5 rings (SSSR count). The van der Waals surface area contributed by atoms with Crippen LogP contribution in [-0.4, -0.2) is 33.0 Å². The molecule has 0 aromatic heterocycles. The average molecular weight is 531 g/mol. The van der Waals surface area contributed by atoms with Crippen molar-refractivity contribution in [3.05, 3.63) is 99.6 Å². The van der Waals surface area contributed by atoms with Gasteiger partial charge in [-0.3, -0.25) is 9.59 Å². The molecule has 0 spiro atoms. The molecule has 0 radical (unpaired) electrons. The van der Waals surface area contributed by atoms with Crippen molar-refractivity contribution in [1.29, 1.82) is 0 Å². The lowest BCUT2D eigenvalue weighted by Crippen LogP contribution is -2.25. The van der Waals surface area contributed by atoms with Gasteiger partial charge in [0.15, 0.2) is 5.17 Å². The van der Waals surface area contributed by atoms with Gasteiger partial charge in [-0.2, -0.15) is 10.1 Å². The molecule has 2 heterocycles. The number of aryl methyl sites for hydroxylation is 3. The maximum atomic E-state index is 12.8. The Morgan fingerprint density at radius 1 is 1.03 bits per heavy atom. The Labute approximate surface area is 225 Å². The minimum atomic E-state index is -0.592. The molecular formula is C29H27ClN4O2S. The van der Waals surface area contributed by atoms with Gasteiger partial charge in [0, 0.05) is 23.6 Å². The highest BCUT2D eigenvalue weighted by Gasteiger charge is 2.39. The molecule has 0 saturated heterocycles. The molecule has 0 fully saturated rings. The monoisotopic (exact) mass is 530 g/mol. The highest BCUT2D eigenvalue weighted by atomic mass is 35.5. The predicted molar refractivity (Wildman–Crippen MR) is 151 cm³/mol. The van der Waals surface area contributed by atoms with Gasteiger partial charge in [-0.15, -0.1) is 0 Å². The van der Waals surface area contributed by atoms with Gasteiger partial charge in [0.2, 0.25) is 5.91 Å². The Balaban J connectivity index is 1.34. The number of hydrogen-bond acceptors (Lipinski definition) is 5. The molecule has 0 saturated carbocycles. The van der Waals surface area contributed by atoms with Crippen LogP contribution in [-0.2, 0) is 9.59 Å². The van der Waals surface area contributed by atoms with E-state index in [1.54, 1.807) is 0 Å². The summed E-state index contributed by atoms with van der Waals surface area (Å²) < 4.78 is 0.